The minimum atomic E-state index is -0.301. The van der Waals surface area contributed by atoms with E-state index in [0.29, 0.717) is 5.02 Å². The van der Waals surface area contributed by atoms with E-state index in [0.717, 1.165) is 45.3 Å². The third-order valence-electron chi connectivity index (χ3n) is 5.62. The van der Waals surface area contributed by atoms with Gasteiger partial charge in [0.1, 0.15) is 5.75 Å². The Morgan fingerprint density at radius 3 is 2.33 bits per heavy atom. The molecule has 0 amide bonds. The first-order chi connectivity index (χ1) is 14.5. The number of hydrogen-bond acceptors (Lipinski definition) is 4. The highest BCUT2D eigenvalue weighted by Crippen LogP contribution is 2.48. The van der Waals surface area contributed by atoms with Crippen molar-refractivity contribution in [3.8, 4) is 5.75 Å². The Kier molecular flexibility index (Phi) is 4.84. The van der Waals surface area contributed by atoms with Crippen LogP contribution in [0.5, 0.6) is 5.75 Å². The molecule has 5 rings (SSSR count). The number of ether oxygens (including phenoxy) is 1. The Morgan fingerprint density at radius 1 is 0.933 bits per heavy atom. The molecule has 2 heterocycles. The predicted octanol–water partition coefficient (Wildman–Crippen LogP) is 6.30. The first-order valence-electron chi connectivity index (χ1n) is 9.85. The second kappa shape index (κ2) is 7.53. The summed E-state index contributed by atoms with van der Waals surface area (Å²) in [5, 5.41) is 8.46. The maximum absolute atomic E-state index is 6.42. The van der Waals surface area contributed by atoms with Crippen LogP contribution in [0.15, 0.2) is 71.8 Å². The van der Waals surface area contributed by atoms with Gasteiger partial charge < -0.3 is 9.64 Å². The van der Waals surface area contributed by atoms with Gasteiger partial charge in [-0.2, -0.15) is 5.10 Å². The standard InChI is InChI=1S/C24H21Cl2N3O/c1-28(2)19-10-5-16(6-11-19)24-29-22(20-13-18(26)9-12-23(20)30-24)14-21(27-29)15-3-7-17(25)8-4-15/h3-13,22,24H,14H2,1-2H3. The molecular weight excluding hydrogens is 417 g/mol. The van der Waals surface area contributed by atoms with Crippen LogP contribution in [0.25, 0.3) is 0 Å². The number of hydrazone groups is 1. The molecule has 0 N–H and O–H groups in total. The molecule has 0 aliphatic carbocycles. The van der Waals surface area contributed by atoms with Gasteiger partial charge in [0, 0.05) is 47.4 Å². The average molecular weight is 438 g/mol. The molecule has 3 aromatic rings. The summed E-state index contributed by atoms with van der Waals surface area (Å²) < 4.78 is 6.42. The SMILES string of the molecule is CN(C)c1ccc(C2Oc3ccc(Cl)cc3C3CC(c4ccc(Cl)cc4)=NN32)cc1. The molecule has 4 nitrogen and oxygen atoms in total. The zero-order chi connectivity index (χ0) is 20.8. The number of nitrogens with zero attached hydrogens (tertiary/aromatic N) is 3. The molecule has 0 fully saturated rings. The van der Waals surface area contributed by atoms with E-state index >= 15 is 0 Å². The van der Waals surface area contributed by atoms with E-state index < -0.39 is 0 Å². The fourth-order valence-electron chi connectivity index (χ4n) is 4.03. The van der Waals surface area contributed by atoms with Crippen LogP contribution in [-0.2, 0) is 0 Å². The number of fused-ring (bicyclic) bond motifs is 3. The maximum atomic E-state index is 6.42. The zero-order valence-corrected chi connectivity index (χ0v) is 18.2. The molecule has 6 heteroatoms. The average Bonchev–Trinajstić information content (AvgIpc) is 3.19. The van der Waals surface area contributed by atoms with Crippen molar-refractivity contribution in [3.05, 3.63) is 93.5 Å². The highest BCUT2D eigenvalue weighted by atomic mass is 35.5. The molecule has 0 bridgehead atoms. The highest BCUT2D eigenvalue weighted by molar-refractivity contribution is 6.31. The minimum Gasteiger partial charge on any atom is -0.464 e. The lowest BCUT2D eigenvalue weighted by Crippen LogP contribution is -2.33. The Labute approximate surface area is 186 Å². The summed E-state index contributed by atoms with van der Waals surface area (Å²) in [7, 11) is 4.07. The van der Waals surface area contributed by atoms with E-state index in [2.05, 4.69) is 34.2 Å². The van der Waals surface area contributed by atoms with Crippen molar-refractivity contribution >= 4 is 34.6 Å². The summed E-state index contributed by atoms with van der Waals surface area (Å²) in [5.74, 6) is 0.856. The second-order valence-corrected chi connectivity index (χ2v) is 8.66. The summed E-state index contributed by atoms with van der Waals surface area (Å²) in [6.07, 6.45) is 0.481. The first kappa shape index (κ1) is 19.3. The quantitative estimate of drug-likeness (QED) is 0.480. The number of anilines is 1. The topological polar surface area (TPSA) is 28.1 Å². The van der Waals surface area contributed by atoms with Crippen molar-refractivity contribution in [2.75, 3.05) is 19.0 Å². The van der Waals surface area contributed by atoms with Crippen molar-refractivity contribution in [1.29, 1.82) is 0 Å². The molecule has 0 saturated carbocycles. The second-order valence-electron chi connectivity index (χ2n) is 7.79. The highest BCUT2D eigenvalue weighted by Gasteiger charge is 2.41. The molecular formula is C24H21Cl2N3O. The molecule has 152 valence electrons. The number of benzene rings is 3. The summed E-state index contributed by atoms with van der Waals surface area (Å²) >= 11 is 12.4. The lowest BCUT2D eigenvalue weighted by molar-refractivity contribution is -0.0190. The molecule has 0 saturated heterocycles. The van der Waals surface area contributed by atoms with E-state index in [1.807, 2.05) is 56.6 Å². The summed E-state index contributed by atoms with van der Waals surface area (Å²) in [4.78, 5) is 2.08. The van der Waals surface area contributed by atoms with Crippen molar-refractivity contribution in [2.24, 2.45) is 5.10 Å². The Hall–Kier alpha value is -2.69. The number of rotatable bonds is 3. The van der Waals surface area contributed by atoms with Crippen molar-refractivity contribution in [1.82, 2.24) is 5.01 Å². The minimum absolute atomic E-state index is 0.0663. The Morgan fingerprint density at radius 2 is 1.63 bits per heavy atom. The summed E-state index contributed by atoms with van der Waals surface area (Å²) in [6, 6.07) is 22.1. The van der Waals surface area contributed by atoms with Gasteiger partial charge in [-0.15, -0.1) is 0 Å². The van der Waals surface area contributed by atoms with Gasteiger partial charge in [-0.1, -0.05) is 47.5 Å². The summed E-state index contributed by atoms with van der Waals surface area (Å²) in [6.45, 7) is 0. The van der Waals surface area contributed by atoms with Crippen LogP contribution in [0.3, 0.4) is 0 Å². The number of halogens is 2. The van der Waals surface area contributed by atoms with E-state index in [1.54, 1.807) is 0 Å². The van der Waals surface area contributed by atoms with Gasteiger partial charge in [-0.25, -0.2) is 5.01 Å². The molecule has 0 spiro atoms. The summed E-state index contributed by atoms with van der Waals surface area (Å²) in [5.41, 5.74) is 5.36. The molecule has 0 aromatic heterocycles. The van der Waals surface area contributed by atoms with E-state index in [-0.39, 0.29) is 12.3 Å². The van der Waals surface area contributed by atoms with Crippen LogP contribution < -0.4 is 9.64 Å². The molecule has 2 unspecified atom stereocenters. The van der Waals surface area contributed by atoms with Gasteiger partial charge in [0.25, 0.3) is 0 Å². The molecule has 2 aliphatic heterocycles. The predicted molar refractivity (Wildman–Crippen MR) is 123 cm³/mol. The van der Waals surface area contributed by atoms with Gasteiger partial charge in [-0.05, 0) is 48.0 Å². The molecule has 2 aliphatic rings. The van der Waals surface area contributed by atoms with Crippen molar-refractivity contribution < 1.29 is 4.74 Å². The third kappa shape index (κ3) is 3.40. The van der Waals surface area contributed by atoms with Crippen LogP contribution in [0.2, 0.25) is 10.0 Å². The van der Waals surface area contributed by atoms with Gasteiger partial charge >= 0.3 is 0 Å². The Balaban J connectivity index is 1.57. The normalized spacial score (nSPS) is 19.6. The monoisotopic (exact) mass is 437 g/mol. The van der Waals surface area contributed by atoms with Crippen molar-refractivity contribution in [2.45, 2.75) is 18.7 Å². The molecule has 2 atom stereocenters. The van der Waals surface area contributed by atoms with E-state index in [4.69, 9.17) is 33.0 Å². The largest absolute Gasteiger partial charge is 0.464 e. The van der Waals surface area contributed by atoms with Crippen LogP contribution in [-0.4, -0.2) is 24.8 Å². The Bertz CT molecular complexity index is 1110. The third-order valence-corrected chi connectivity index (χ3v) is 6.11. The first-order valence-corrected chi connectivity index (χ1v) is 10.6. The lowest BCUT2D eigenvalue weighted by atomic mass is 9.96. The van der Waals surface area contributed by atoms with E-state index in [1.165, 1.54) is 0 Å². The zero-order valence-electron chi connectivity index (χ0n) is 16.7. The smallest absolute Gasteiger partial charge is 0.213 e. The fourth-order valence-corrected chi connectivity index (χ4v) is 4.34. The van der Waals surface area contributed by atoms with Gasteiger partial charge in [0.15, 0.2) is 0 Å². The van der Waals surface area contributed by atoms with Gasteiger partial charge in [-0.3, -0.25) is 0 Å². The van der Waals surface area contributed by atoms with Gasteiger partial charge in [0.05, 0.1) is 11.8 Å². The van der Waals surface area contributed by atoms with Crippen molar-refractivity contribution in [3.63, 3.8) is 0 Å². The molecule has 30 heavy (non-hydrogen) atoms. The molecule has 0 radical (unpaired) electrons. The maximum Gasteiger partial charge on any atom is 0.213 e. The van der Waals surface area contributed by atoms with Crippen LogP contribution >= 0.6 is 23.2 Å². The van der Waals surface area contributed by atoms with E-state index in [9.17, 15) is 0 Å². The fraction of sp³-hybridized carbons (Fsp3) is 0.208. The van der Waals surface area contributed by atoms with Crippen LogP contribution in [0, 0.1) is 0 Å². The van der Waals surface area contributed by atoms with Crippen LogP contribution in [0.1, 0.15) is 35.4 Å². The van der Waals surface area contributed by atoms with Crippen LogP contribution in [0.4, 0.5) is 5.69 Å². The number of hydrogen-bond donors (Lipinski definition) is 0. The lowest BCUT2D eigenvalue weighted by Gasteiger charge is -2.38. The van der Waals surface area contributed by atoms with Gasteiger partial charge in [0.2, 0.25) is 6.23 Å². The molecule has 3 aromatic carbocycles.